The molecule has 11 heteroatoms. The van der Waals surface area contributed by atoms with E-state index in [1.165, 1.54) is 30.7 Å². The lowest BCUT2D eigenvalue weighted by Crippen LogP contribution is -2.56. The lowest BCUT2D eigenvalue weighted by Gasteiger charge is -2.35. The molecule has 0 saturated carbocycles. The van der Waals surface area contributed by atoms with Crippen molar-refractivity contribution in [3.63, 3.8) is 0 Å². The molecule has 0 unspecified atom stereocenters. The summed E-state index contributed by atoms with van der Waals surface area (Å²) in [6.07, 6.45) is 0.209. The maximum atomic E-state index is 13.2. The van der Waals surface area contributed by atoms with E-state index >= 15 is 0 Å². The van der Waals surface area contributed by atoms with Crippen molar-refractivity contribution in [2.75, 3.05) is 12.4 Å². The van der Waals surface area contributed by atoms with E-state index in [2.05, 4.69) is 14.4 Å². The summed E-state index contributed by atoms with van der Waals surface area (Å²) < 4.78 is 45.4. The topological polar surface area (TPSA) is 91.4 Å². The van der Waals surface area contributed by atoms with Crippen LogP contribution in [0.4, 0.5) is 10.1 Å². The standard InChI is InChI=1S/C14H14ClFN4O3S2/c1-20-13(14(21)17-8-2-3-10(16)9(15)6-8)7-12(19-25(20,22)23)11-4-5-24-18-11/h2-6,12-13,19H,7H2,1H3,(H,17,21)/t12-,13+/m0/s1. The normalized spacial score (nSPS) is 23.3. The Morgan fingerprint density at radius 1 is 1.48 bits per heavy atom. The van der Waals surface area contributed by atoms with Crippen LogP contribution in [-0.2, 0) is 15.0 Å². The third-order valence-corrected chi connectivity index (χ3v) is 6.33. The summed E-state index contributed by atoms with van der Waals surface area (Å²) in [6.45, 7) is 0. The van der Waals surface area contributed by atoms with E-state index in [-0.39, 0.29) is 17.1 Å². The largest absolute Gasteiger partial charge is 0.325 e. The molecular weight excluding hydrogens is 391 g/mol. The monoisotopic (exact) mass is 404 g/mol. The van der Waals surface area contributed by atoms with Crippen LogP contribution in [0.15, 0.2) is 29.6 Å². The van der Waals surface area contributed by atoms with Crippen molar-refractivity contribution in [2.45, 2.75) is 18.5 Å². The second kappa shape index (κ2) is 6.96. The Morgan fingerprint density at radius 3 is 2.88 bits per heavy atom. The quantitative estimate of drug-likeness (QED) is 0.820. The number of nitrogens with one attached hydrogen (secondary N) is 2. The van der Waals surface area contributed by atoms with Crippen molar-refractivity contribution in [1.82, 2.24) is 13.4 Å². The van der Waals surface area contributed by atoms with Gasteiger partial charge in [-0.2, -0.15) is 21.8 Å². The van der Waals surface area contributed by atoms with Gasteiger partial charge in [-0.05, 0) is 42.2 Å². The number of carbonyl (C=O) groups is 1. The van der Waals surface area contributed by atoms with Crippen LogP contribution in [0.25, 0.3) is 0 Å². The molecule has 0 bridgehead atoms. The van der Waals surface area contributed by atoms with E-state index in [1.807, 2.05) is 0 Å². The number of rotatable bonds is 3. The van der Waals surface area contributed by atoms with E-state index in [0.29, 0.717) is 5.69 Å². The molecule has 1 amide bonds. The van der Waals surface area contributed by atoms with Gasteiger partial charge in [-0.3, -0.25) is 4.79 Å². The molecule has 1 fully saturated rings. The summed E-state index contributed by atoms with van der Waals surface area (Å²) in [6, 6.07) is 3.91. The fourth-order valence-corrected chi connectivity index (χ4v) is 4.52. The molecule has 2 atom stereocenters. The lowest BCUT2D eigenvalue weighted by molar-refractivity contribution is -0.120. The molecule has 0 spiro atoms. The van der Waals surface area contributed by atoms with Crippen molar-refractivity contribution in [3.8, 4) is 0 Å². The molecular formula is C14H14ClFN4O3S2. The van der Waals surface area contributed by atoms with Gasteiger partial charge >= 0.3 is 0 Å². The predicted octanol–water partition coefficient (Wildman–Crippen LogP) is 2.15. The lowest BCUT2D eigenvalue weighted by atomic mass is 10.0. The number of halogens is 2. The summed E-state index contributed by atoms with van der Waals surface area (Å²) >= 11 is 6.90. The highest BCUT2D eigenvalue weighted by Crippen LogP contribution is 2.28. The first-order valence-electron chi connectivity index (χ1n) is 7.19. The van der Waals surface area contributed by atoms with Crippen molar-refractivity contribution in [3.05, 3.63) is 46.2 Å². The van der Waals surface area contributed by atoms with Gasteiger partial charge < -0.3 is 5.32 Å². The van der Waals surface area contributed by atoms with Crippen LogP contribution in [-0.4, -0.2) is 36.1 Å². The number of benzene rings is 1. The number of amides is 1. The second-order valence-electron chi connectivity index (χ2n) is 5.49. The van der Waals surface area contributed by atoms with Gasteiger partial charge in [0.1, 0.15) is 11.9 Å². The number of likely N-dealkylation sites (N-methyl/N-ethyl adjacent to an activating group) is 1. The maximum Gasteiger partial charge on any atom is 0.280 e. The zero-order valence-corrected chi connectivity index (χ0v) is 15.3. The first-order valence-corrected chi connectivity index (χ1v) is 9.85. The summed E-state index contributed by atoms with van der Waals surface area (Å²) in [5, 5.41) is 4.17. The third kappa shape index (κ3) is 3.82. The molecule has 0 radical (unpaired) electrons. The highest BCUT2D eigenvalue weighted by molar-refractivity contribution is 7.87. The van der Waals surface area contributed by atoms with Crippen LogP contribution in [0.5, 0.6) is 0 Å². The number of aromatic nitrogens is 1. The summed E-state index contributed by atoms with van der Waals surface area (Å²) in [5.41, 5.74) is 0.843. The number of hydrogen-bond donors (Lipinski definition) is 2. The molecule has 2 N–H and O–H groups in total. The Morgan fingerprint density at radius 2 is 2.24 bits per heavy atom. The minimum Gasteiger partial charge on any atom is -0.325 e. The van der Waals surface area contributed by atoms with Crippen LogP contribution in [0.3, 0.4) is 0 Å². The molecule has 134 valence electrons. The summed E-state index contributed by atoms with van der Waals surface area (Å²) in [5.74, 6) is -1.14. The molecule has 1 aliphatic heterocycles. The van der Waals surface area contributed by atoms with Crippen LogP contribution in [0.1, 0.15) is 18.2 Å². The fourth-order valence-electron chi connectivity index (χ4n) is 2.50. The second-order valence-corrected chi connectivity index (χ2v) is 8.32. The van der Waals surface area contributed by atoms with Crippen LogP contribution in [0, 0.1) is 5.82 Å². The minimum absolute atomic E-state index is 0.135. The van der Waals surface area contributed by atoms with Crippen molar-refractivity contribution < 1.29 is 17.6 Å². The average Bonchev–Trinajstić information content (AvgIpc) is 3.07. The van der Waals surface area contributed by atoms with Gasteiger partial charge in [-0.1, -0.05) is 11.6 Å². The SMILES string of the molecule is CN1[C@@H](C(=O)Nc2ccc(F)c(Cl)c2)C[C@@H](c2ccsn2)NS1(=O)=O. The Balaban J connectivity index is 1.83. The van der Waals surface area contributed by atoms with E-state index in [1.54, 1.807) is 11.4 Å². The van der Waals surface area contributed by atoms with Crippen LogP contribution >= 0.6 is 23.1 Å². The van der Waals surface area contributed by atoms with Crippen molar-refractivity contribution >= 4 is 44.9 Å². The van der Waals surface area contributed by atoms with Gasteiger partial charge in [0.2, 0.25) is 5.91 Å². The van der Waals surface area contributed by atoms with Gasteiger partial charge in [0.05, 0.1) is 16.8 Å². The molecule has 1 aromatic carbocycles. The molecule has 25 heavy (non-hydrogen) atoms. The number of anilines is 1. The number of nitrogens with zero attached hydrogens (tertiary/aromatic N) is 2. The van der Waals surface area contributed by atoms with E-state index < -0.39 is 34.0 Å². The number of carbonyl (C=O) groups excluding carboxylic acids is 1. The highest BCUT2D eigenvalue weighted by Gasteiger charge is 2.41. The molecule has 2 aromatic rings. The van der Waals surface area contributed by atoms with Gasteiger partial charge in [0.25, 0.3) is 10.2 Å². The van der Waals surface area contributed by atoms with E-state index in [9.17, 15) is 17.6 Å². The number of hydrogen-bond acceptors (Lipinski definition) is 5. The zero-order chi connectivity index (χ0) is 18.2. The molecule has 2 heterocycles. The zero-order valence-electron chi connectivity index (χ0n) is 12.9. The summed E-state index contributed by atoms with van der Waals surface area (Å²) in [7, 11) is -2.52. The predicted molar refractivity (Wildman–Crippen MR) is 93.1 cm³/mol. The molecule has 1 saturated heterocycles. The van der Waals surface area contributed by atoms with Crippen LogP contribution < -0.4 is 10.0 Å². The Kier molecular flexibility index (Phi) is 5.07. The highest BCUT2D eigenvalue weighted by atomic mass is 35.5. The fraction of sp³-hybridized carbons (Fsp3) is 0.286. The third-order valence-electron chi connectivity index (χ3n) is 3.87. The first-order chi connectivity index (χ1) is 11.8. The van der Waals surface area contributed by atoms with Gasteiger partial charge in [-0.25, -0.2) is 4.39 Å². The van der Waals surface area contributed by atoms with Crippen molar-refractivity contribution in [1.29, 1.82) is 0 Å². The molecule has 0 aliphatic carbocycles. The van der Waals surface area contributed by atoms with Gasteiger partial charge in [0.15, 0.2) is 0 Å². The Labute approximate surface area is 153 Å². The minimum atomic E-state index is -3.84. The van der Waals surface area contributed by atoms with Gasteiger partial charge in [0, 0.05) is 18.1 Å². The van der Waals surface area contributed by atoms with E-state index in [0.717, 1.165) is 10.4 Å². The molecule has 3 rings (SSSR count). The van der Waals surface area contributed by atoms with Crippen molar-refractivity contribution in [2.24, 2.45) is 0 Å². The van der Waals surface area contributed by atoms with E-state index in [4.69, 9.17) is 11.6 Å². The van der Waals surface area contributed by atoms with Gasteiger partial charge in [-0.15, -0.1) is 0 Å². The molecule has 1 aliphatic rings. The first kappa shape index (κ1) is 18.2. The summed E-state index contributed by atoms with van der Waals surface area (Å²) in [4.78, 5) is 12.6. The average molecular weight is 405 g/mol. The molecule has 7 nitrogen and oxygen atoms in total. The Hall–Kier alpha value is -1.59. The smallest absolute Gasteiger partial charge is 0.280 e. The Bertz CT molecular complexity index is 891. The molecule has 1 aromatic heterocycles. The van der Waals surface area contributed by atoms with Crippen LogP contribution in [0.2, 0.25) is 5.02 Å². The maximum absolute atomic E-state index is 13.2.